The zero-order chi connectivity index (χ0) is 20.9. The molecule has 2 bridgehead atoms. The van der Waals surface area contributed by atoms with Crippen molar-refractivity contribution in [1.82, 2.24) is 0 Å². The van der Waals surface area contributed by atoms with Gasteiger partial charge in [0.05, 0.1) is 17.3 Å². The first-order valence-electron chi connectivity index (χ1n) is 11.3. The van der Waals surface area contributed by atoms with Crippen LogP contribution in [0.2, 0.25) is 0 Å². The van der Waals surface area contributed by atoms with Gasteiger partial charge in [-0.05, 0) is 68.1 Å². The summed E-state index contributed by atoms with van der Waals surface area (Å²) in [7, 11) is 0. The molecule has 0 aromatic rings. The molecule has 1 N–H and O–H groups in total. The minimum Gasteiger partial charge on any atom is -0.481 e. The average Bonchev–Trinajstić information content (AvgIpc) is 2.97. The molecule has 0 unspecified atom stereocenters. The molecule has 29 heavy (non-hydrogen) atoms. The molecule has 6 rings (SSSR count). The molecule has 1 aliphatic heterocycles. The summed E-state index contributed by atoms with van der Waals surface area (Å²) in [5.41, 5.74) is 0.122. The molecule has 4 fully saturated rings. The van der Waals surface area contributed by atoms with E-state index in [2.05, 4.69) is 26.8 Å². The van der Waals surface area contributed by atoms with Gasteiger partial charge in [-0.3, -0.25) is 14.4 Å². The monoisotopic (exact) mass is 400 g/mol. The number of carboxylic acid groups (broad SMARTS) is 1. The minimum atomic E-state index is -0.707. The van der Waals surface area contributed by atoms with E-state index in [9.17, 15) is 19.5 Å². The highest BCUT2D eigenvalue weighted by Gasteiger charge is 2.73. The maximum Gasteiger partial charge on any atom is 0.318 e. The first-order valence-corrected chi connectivity index (χ1v) is 11.3. The van der Waals surface area contributed by atoms with E-state index in [0.29, 0.717) is 5.92 Å². The molecular formula is C24H32O5. The van der Waals surface area contributed by atoms with Crippen molar-refractivity contribution >= 4 is 17.9 Å². The Kier molecular flexibility index (Phi) is 3.82. The number of ether oxygens (including phenoxy) is 1. The molecule has 0 aromatic carbocycles. The minimum absolute atomic E-state index is 0.0550. The quantitative estimate of drug-likeness (QED) is 0.427. The molecule has 1 saturated heterocycles. The van der Waals surface area contributed by atoms with E-state index in [-0.39, 0.29) is 52.4 Å². The molecule has 1 spiro atoms. The van der Waals surface area contributed by atoms with Gasteiger partial charge in [-0.15, -0.1) is 0 Å². The van der Waals surface area contributed by atoms with Crippen LogP contribution in [0, 0.1) is 51.8 Å². The van der Waals surface area contributed by atoms with E-state index in [1.165, 1.54) is 5.57 Å². The number of rotatable bonds is 2. The third-order valence-corrected chi connectivity index (χ3v) is 9.89. The largest absolute Gasteiger partial charge is 0.481 e. The van der Waals surface area contributed by atoms with E-state index in [4.69, 9.17) is 4.74 Å². The highest BCUT2D eigenvalue weighted by atomic mass is 16.6. The van der Waals surface area contributed by atoms with Crippen molar-refractivity contribution in [1.29, 1.82) is 0 Å². The van der Waals surface area contributed by atoms with Crippen LogP contribution in [0.1, 0.15) is 66.2 Å². The summed E-state index contributed by atoms with van der Waals surface area (Å²) in [6.45, 7) is 8.56. The van der Waals surface area contributed by atoms with Crippen LogP contribution in [0.15, 0.2) is 11.6 Å². The summed E-state index contributed by atoms with van der Waals surface area (Å²) in [4.78, 5) is 37.8. The van der Waals surface area contributed by atoms with Gasteiger partial charge in [-0.2, -0.15) is 0 Å². The Bertz CT molecular complexity index is 842. The fraction of sp³-hybridized carbons (Fsp3) is 0.792. The molecule has 0 radical (unpaired) electrons. The number of fused-ring (bicyclic) bond motifs is 1. The average molecular weight is 401 g/mol. The summed E-state index contributed by atoms with van der Waals surface area (Å²) in [6.07, 6.45) is 7.48. The number of carbonyl (C=O) groups excluding carboxylic acids is 2. The Morgan fingerprint density at radius 1 is 1.14 bits per heavy atom. The molecule has 158 valence electrons. The zero-order valence-electron chi connectivity index (χ0n) is 17.9. The van der Waals surface area contributed by atoms with Gasteiger partial charge in [0.25, 0.3) is 0 Å². The van der Waals surface area contributed by atoms with Crippen molar-refractivity contribution in [2.24, 2.45) is 51.8 Å². The molecule has 0 aromatic heterocycles. The Balaban J connectivity index is 1.67. The van der Waals surface area contributed by atoms with Gasteiger partial charge in [0.2, 0.25) is 0 Å². The maximum absolute atomic E-state index is 12.9. The van der Waals surface area contributed by atoms with Crippen LogP contribution in [0.5, 0.6) is 0 Å². The number of aliphatic carboxylic acids is 1. The zero-order valence-corrected chi connectivity index (χ0v) is 17.9. The highest BCUT2D eigenvalue weighted by Crippen LogP contribution is 2.74. The number of allylic oxidation sites excluding steroid dienone is 2. The van der Waals surface area contributed by atoms with Gasteiger partial charge in [-0.25, -0.2) is 0 Å². The molecule has 5 aliphatic carbocycles. The number of esters is 2. The number of carbonyl (C=O) groups is 3. The summed E-state index contributed by atoms with van der Waals surface area (Å²) in [5.74, 6) is -1.33. The molecule has 5 heteroatoms. The molecule has 3 saturated carbocycles. The van der Waals surface area contributed by atoms with E-state index in [1.807, 2.05) is 6.92 Å². The number of hydrogen-bond donors (Lipinski definition) is 1. The van der Waals surface area contributed by atoms with Gasteiger partial charge in [0.1, 0.15) is 0 Å². The summed E-state index contributed by atoms with van der Waals surface area (Å²) < 4.78 is 5.20. The fourth-order valence-electron chi connectivity index (χ4n) is 8.76. The molecule has 1 heterocycles. The first kappa shape index (κ1) is 19.3. The van der Waals surface area contributed by atoms with Gasteiger partial charge >= 0.3 is 17.9 Å². The van der Waals surface area contributed by atoms with E-state index >= 15 is 0 Å². The topological polar surface area (TPSA) is 80.7 Å². The second kappa shape index (κ2) is 5.73. The van der Waals surface area contributed by atoms with E-state index in [1.54, 1.807) is 0 Å². The van der Waals surface area contributed by atoms with Crippen molar-refractivity contribution in [3.8, 4) is 0 Å². The number of carboxylic acids is 1. The standard InChI is InChI=1S/C24H32O5/c1-12(2)14-11-24-9-6-15-22(3,7-5-8-23(15,4)21(27)28)16(24)10-13(14)17-18(24)20(26)29-19(17)25/h11-13,15-18H,5-10H2,1-4H3,(H,27,28)/t13-,15-,16-,17+,18-,22-,23+,24+/m0/s1. The van der Waals surface area contributed by atoms with Crippen molar-refractivity contribution in [2.75, 3.05) is 0 Å². The van der Waals surface area contributed by atoms with Crippen LogP contribution in [0.25, 0.3) is 0 Å². The predicted molar refractivity (Wildman–Crippen MR) is 105 cm³/mol. The SMILES string of the molecule is CC(C)C1=C[C@]23CC[C@H]4[C@](C)(CCC[C@@]4(C)C(=O)O)[C@@H]2C[C@@H]1[C@H]1C(=O)OC(=O)[C@H]13. The molecular weight excluding hydrogens is 368 g/mol. The van der Waals surface area contributed by atoms with Crippen LogP contribution >= 0.6 is 0 Å². The Morgan fingerprint density at radius 2 is 1.86 bits per heavy atom. The summed E-state index contributed by atoms with van der Waals surface area (Å²) in [5, 5.41) is 10.1. The lowest BCUT2D eigenvalue weighted by atomic mass is 9.34. The lowest BCUT2D eigenvalue weighted by molar-refractivity contribution is -0.195. The van der Waals surface area contributed by atoms with E-state index in [0.717, 1.165) is 38.5 Å². The van der Waals surface area contributed by atoms with Gasteiger partial charge in [-0.1, -0.05) is 38.8 Å². The lowest BCUT2D eigenvalue weighted by Crippen LogP contribution is -2.65. The Morgan fingerprint density at radius 3 is 2.52 bits per heavy atom. The van der Waals surface area contributed by atoms with Crippen LogP contribution in [0.4, 0.5) is 0 Å². The Hall–Kier alpha value is -1.65. The Labute approximate surface area is 172 Å². The van der Waals surface area contributed by atoms with Crippen LogP contribution in [-0.4, -0.2) is 23.0 Å². The number of hydrogen-bond acceptors (Lipinski definition) is 4. The fourth-order valence-corrected chi connectivity index (χ4v) is 8.76. The highest BCUT2D eigenvalue weighted by molar-refractivity contribution is 5.98. The van der Waals surface area contributed by atoms with Crippen molar-refractivity contribution < 1.29 is 24.2 Å². The van der Waals surface area contributed by atoms with Crippen molar-refractivity contribution in [3.05, 3.63) is 11.6 Å². The molecule has 8 atom stereocenters. The summed E-state index contributed by atoms with van der Waals surface area (Å²) in [6, 6.07) is 0. The third kappa shape index (κ3) is 2.14. The van der Waals surface area contributed by atoms with Gasteiger partial charge < -0.3 is 9.84 Å². The van der Waals surface area contributed by atoms with E-state index < -0.39 is 11.4 Å². The molecule has 0 amide bonds. The molecule has 6 aliphatic rings. The van der Waals surface area contributed by atoms with Crippen LogP contribution < -0.4 is 0 Å². The van der Waals surface area contributed by atoms with Crippen LogP contribution in [-0.2, 0) is 19.1 Å². The first-order chi connectivity index (χ1) is 13.6. The lowest BCUT2D eigenvalue weighted by Gasteiger charge is -2.68. The smallest absolute Gasteiger partial charge is 0.318 e. The second-order valence-corrected chi connectivity index (χ2v) is 11.2. The summed E-state index contributed by atoms with van der Waals surface area (Å²) >= 11 is 0. The molecule has 5 nitrogen and oxygen atoms in total. The van der Waals surface area contributed by atoms with Gasteiger partial charge in [0, 0.05) is 5.41 Å². The van der Waals surface area contributed by atoms with Crippen molar-refractivity contribution in [3.63, 3.8) is 0 Å². The normalized spacial score (nSPS) is 50.5. The third-order valence-electron chi connectivity index (χ3n) is 9.89. The second-order valence-electron chi connectivity index (χ2n) is 11.2. The number of cyclic esters (lactones) is 2. The van der Waals surface area contributed by atoms with Crippen molar-refractivity contribution in [2.45, 2.75) is 66.2 Å². The maximum atomic E-state index is 12.9. The predicted octanol–water partition coefficient (Wildman–Crippen LogP) is 4.21. The van der Waals surface area contributed by atoms with Gasteiger partial charge in [0.15, 0.2) is 0 Å². The van der Waals surface area contributed by atoms with Crippen LogP contribution in [0.3, 0.4) is 0 Å².